The molecule has 1 amide bonds. The Balaban J connectivity index is 1.69. The van der Waals surface area contributed by atoms with Gasteiger partial charge in [-0.25, -0.2) is 9.37 Å². The van der Waals surface area contributed by atoms with Crippen LogP contribution in [0.5, 0.6) is 5.75 Å². The van der Waals surface area contributed by atoms with Crippen molar-refractivity contribution in [3.8, 4) is 5.75 Å². The Morgan fingerprint density at radius 1 is 1.20 bits per heavy atom. The topological polar surface area (TPSA) is 54.8 Å². The fourth-order valence-corrected chi connectivity index (χ4v) is 4.24. The standard InChI is InChI=1S/C22H18FN3O2S2/c1-14(2)28-17-8-5-15(6-9-17)21(27)26(24-13-18-4-3-11-29-18)22-25-19-10-7-16(23)12-20(19)30-22/h3-14H,1-2H3/b24-13+. The number of rotatable bonds is 6. The Hall–Kier alpha value is -3.10. The zero-order valence-electron chi connectivity index (χ0n) is 16.3. The number of halogens is 1. The lowest BCUT2D eigenvalue weighted by atomic mass is 10.2. The van der Waals surface area contributed by atoms with Crippen LogP contribution in [0.3, 0.4) is 0 Å². The first-order chi connectivity index (χ1) is 14.5. The van der Waals surface area contributed by atoms with Gasteiger partial charge in [0.05, 0.1) is 22.5 Å². The lowest BCUT2D eigenvalue weighted by molar-refractivity contribution is 0.0988. The largest absolute Gasteiger partial charge is 0.491 e. The summed E-state index contributed by atoms with van der Waals surface area (Å²) in [6, 6.07) is 15.1. The van der Waals surface area contributed by atoms with Crippen LogP contribution < -0.4 is 9.75 Å². The minimum atomic E-state index is -0.349. The van der Waals surface area contributed by atoms with Crippen LogP contribution in [0.1, 0.15) is 29.1 Å². The molecule has 30 heavy (non-hydrogen) atoms. The molecule has 0 radical (unpaired) electrons. The second kappa shape index (κ2) is 8.73. The molecule has 0 atom stereocenters. The highest BCUT2D eigenvalue weighted by molar-refractivity contribution is 7.22. The van der Waals surface area contributed by atoms with Gasteiger partial charge in [0.1, 0.15) is 11.6 Å². The minimum Gasteiger partial charge on any atom is -0.491 e. The van der Waals surface area contributed by atoms with Crippen molar-refractivity contribution < 1.29 is 13.9 Å². The van der Waals surface area contributed by atoms with Crippen molar-refractivity contribution in [2.24, 2.45) is 5.10 Å². The number of carbonyl (C=O) groups excluding carboxylic acids is 1. The van der Waals surface area contributed by atoms with Crippen LogP contribution in [-0.4, -0.2) is 23.2 Å². The Morgan fingerprint density at radius 2 is 2.00 bits per heavy atom. The number of benzene rings is 2. The molecule has 0 aliphatic rings. The van der Waals surface area contributed by atoms with Crippen molar-refractivity contribution in [1.29, 1.82) is 0 Å². The van der Waals surface area contributed by atoms with Crippen LogP contribution in [0.25, 0.3) is 10.2 Å². The van der Waals surface area contributed by atoms with E-state index in [1.165, 1.54) is 39.8 Å². The fourth-order valence-electron chi connectivity index (χ4n) is 2.72. The smallest absolute Gasteiger partial charge is 0.280 e. The molecule has 2 aromatic heterocycles. The van der Waals surface area contributed by atoms with Gasteiger partial charge in [-0.05, 0) is 67.8 Å². The van der Waals surface area contributed by atoms with E-state index < -0.39 is 0 Å². The van der Waals surface area contributed by atoms with Gasteiger partial charge in [-0.1, -0.05) is 17.4 Å². The molecule has 4 aromatic rings. The van der Waals surface area contributed by atoms with Gasteiger partial charge in [0.2, 0.25) is 5.13 Å². The SMILES string of the molecule is CC(C)Oc1ccc(C(=O)N(/N=C/c2cccs2)c2nc3ccc(F)cc3s2)cc1. The highest BCUT2D eigenvalue weighted by atomic mass is 32.1. The number of thiophene rings is 1. The van der Waals surface area contributed by atoms with Gasteiger partial charge in [-0.2, -0.15) is 10.1 Å². The molecule has 8 heteroatoms. The summed E-state index contributed by atoms with van der Waals surface area (Å²) in [5.41, 5.74) is 1.06. The summed E-state index contributed by atoms with van der Waals surface area (Å²) in [5, 5.41) is 7.95. The zero-order valence-corrected chi connectivity index (χ0v) is 17.9. The van der Waals surface area contributed by atoms with Gasteiger partial charge in [-0.15, -0.1) is 11.3 Å². The van der Waals surface area contributed by atoms with E-state index in [-0.39, 0.29) is 17.8 Å². The van der Waals surface area contributed by atoms with E-state index in [2.05, 4.69) is 10.1 Å². The zero-order chi connectivity index (χ0) is 21.1. The van der Waals surface area contributed by atoms with Crippen molar-refractivity contribution in [1.82, 2.24) is 4.98 Å². The lowest BCUT2D eigenvalue weighted by Crippen LogP contribution is -2.25. The van der Waals surface area contributed by atoms with Gasteiger partial charge in [0.15, 0.2) is 0 Å². The van der Waals surface area contributed by atoms with Crippen LogP contribution in [0, 0.1) is 5.82 Å². The van der Waals surface area contributed by atoms with Crippen molar-refractivity contribution in [2.45, 2.75) is 20.0 Å². The van der Waals surface area contributed by atoms with Crippen molar-refractivity contribution in [3.63, 3.8) is 0 Å². The molecule has 0 saturated carbocycles. The highest BCUT2D eigenvalue weighted by Gasteiger charge is 2.21. The molecule has 0 N–H and O–H groups in total. The summed E-state index contributed by atoms with van der Waals surface area (Å²) in [5.74, 6) is 0.00230. The van der Waals surface area contributed by atoms with E-state index in [1.807, 2.05) is 31.4 Å². The fraction of sp³-hybridized carbons (Fsp3) is 0.136. The Bertz CT molecular complexity index is 1190. The Kier molecular flexibility index (Phi) is 5.87. The molecule has 4 rings (SSSR count). The second-order valence-electron chi connectivity index (χ2n) is 6.68. The highest BCUT2D eigenvalue weighted by Crippen LogP contribution is 2.31. The normalized spacial score (nSPS) is 11.5. The molecule has 0 aliphatic carbocycles. The lowest BCUT2D eigenvalue weighted by Gasteiger charge is -2.14. The van der Waals surface area contributed by atoms with E-state index in [1.54, 1.807) is 36.5 Å². The van der Waals surface area contributed by atoms with Crippen molar-refractivity contribution in [3.05, 3.63) is 76.2 Å². The van der Waals surface area contributed by atoms with E-state index in [0.717, 1.165) is 4.88 Å². The molecular formula is C22H18FN3O2S2. The number of thiazole rings is 1. The first-order valence-electron chi connectivity index (χ1n) is 9.24. The van der Waals surface area contributed by atoms with Gasteiger partial charge in [-0.3, -0.25) is 4.79 Å². The Labute approximate surface area is 181 Å². The molecule has 0 unspecified atom stereocenters. The maximum absolute atomic E-state index is 13.6. The first-order valence-corrected chi connectivity index (χ1v) is 10.9. The average molecular weight is 440 g/mol. The summed E-state index contributed by atoms with van der Waals surface area (Å²) >= 11 is 2.72. The minimum absolute atomic E-state index is 0.0431. The molecular weight excluding hydrogens is 421 g/mol. The summed E-state index contributed by atoms with van der Waals surface area (Å²) in [6.07, 6.45) is 1.66. The summed E-state index contributed by atoms with van der Waals surface area (Å²) in [4.78, 5) is 18.6. The number of ether oxygens (including phenoxy) is 1. The van der Waals surface area contributed by atoms with Crippen molar-refractivity contribution >= 4 is 50.1 Å². The molecule has 2 aromatic carbocycles. The van der Waals surface area contributed by atoms with E-state index >= 15 is 0 Å². The predicted molar refractivity (Wildman–Crippen MR) is 121 cm³/mol. The Morgan fingerprint density at radius 3 is 2.70 bits per heavy atom. The first kappa shape index (κ1) is 20.2. The summed E-state index contributed by atoms with van der Waals surface area (Å²) < 4.78 is 19.9. The molecule has 0 fully saturated rings. The van der Waals surface area contributed by atoms with E-state index in [0.29, 0.717) is 26.7 Å². The van der Waals surface area contributed by atoms with Gasteiger partial charge in [0, 0.05) is 10.4 Å². The van der Waals surface area contributed by atoms with Crippen LogP contribution >= 0.6 is 22.7 Å². The maximum atomic E-state index is 13.6. The summed E-state index contributed by atoms with van der Waals surface area (Å²) in [7, 11) is 0. The molecule has 0 saturated heterocycles. The maximum Gasteiger partial charge on any atom is 0.280 e. The van der Waals surface area contributed by atoms with E-state index in [9.17, 15) is 9.18 Å². The number of aromatic nitrogens is 1. The monoisotopic (exact) mass is 439 g/mol. The van der Waals surface area contributed by atoms with Crippen LogP contribution in [-0.2, 0) is 0 Å². The number of hydrogen-bond donors (Lipinski definition) is 0. The molecule has 152 valence electrons. The third-order valence-electron chi connectivity index (χ3n) is 4.03. The summed E-state index contributed by atoms with van der Waals surface area (Å²) in [6.45, 7) is 3.88. The molecule has 5 nitrogen and oxygen atoms in total. The van der Waals surface area contributed by atoms with Crippen LogP contribution in [0.2, 0.25) is 0 Å². The molecule has 2 heterocycles. The average Bonchev–Trinajstić information content (AvgIpc) is 3.37. The number of hydrazone groups is 1. The van der Waals surface area contributed by atoms with Crippen molar-refractivity contribution in [2.75, 3.05) is 5.01 Å². The van der Waals surface area contributed by atoms with Gasteiger partial charge in [0.25, 0.3) is 5.91 Å². The second-order valence-corrected chi connectivity index (χ2v) is 8.66. The number of amides is 1. The quantitative estimate of drug-likeness (QED) is 0.275. The number of fused-ring (bicyclic) bond motifs is 1. The number of carbonyl (C=O) groups is 1. The number of nitrogens with zero attached hydrogens (tertiary/aromatic N) is 3. The molecule has 0 spiro atoms. The number of hydrogen-bond acceptors (Lipinski definition) is 6. The molecule has 0 bridgehead atoms. The third-order valence-corrected chi connectivity index (χ3v) is 5.83. The number of anilines is 1. The third kappa shape index (κ3) is 4.55. The van der Waals surface area contributed by atoms with Gasteiger partial charge >= 0.3 is 0 Å². The van der Waals surface area contributed by atoms with Crippen LogP contribution in [0.15, 0.2) is 65.1 Å². The van der Waals surface area contributed by atoms with Crippen LogP contribution in [0.4, 0.5) is 9.52 Å². The van der Waals surface area contributed by atoms with E-state index in [4.69, 9.17) is 4.74 Å². The molecule has 0 aliphatic heterocycles. The van der Waals surface area contributed by atoms with Gasteiger partial charge < -0.3 is 4.74 Å². The predicted octanol–water partition coefficient (Wildman–Crippen LogP) is 5.97.